The molecule has 3 N–H and O–H groups in total. The second-order valence-electron chi connectivity index (χ2n) is 8.70. The molecule has 0 saturated carbocycles. The number of rotatable bonds is 6. The highest BCUT2D eigenvalue weighted by Crippen LogP contribution is 2.44. The van der Waals surface area contributed by atoms with E-state index in [9.17, 15) is 19.8 Å². The highest BCUT2D eigenvalue weighted by Gasteiger charge is 2.46. The summed E-state index contributed by atoms with van der Waals surface area (Å²) in [6, 6.07) is 17.5. The van der Waals surface area contributed by atoms with E-state index >= 15 is 0 Å². The lowest BCUT2D eigenvalue weighted by atomic mass is 9.94. The number of Topliss-reactive ketones (excluding diaryl/α,β-unsaturated/α-hetero) is 1. The second-order valence-corrected chi connectivity index (χ2v) is 9.62. The number of aromatic hydroxyl groups is 1. The van der Waals surface area contributed by atoms with Gasteiger partial charge in [0.15, 0.2) is 23.0 Å². The third kappa shape index (κ3) is 3.81. The first-order chi connectivity index (χ1) is 18.4. The van der Waals surface area contributed by atoms with Gasteiger partial charge in [0, 0.05) is 9.86 Å². The second kappa shape index (κ2) is 9.07. The maximum Gasteiger partial charge on any atom is 0.296 e. The predicted molar refractivity (Wildman–Crippen MR) is 143 cm³/mol. The van der Waals surface area contributed by atoms with Crippen molar-refractivity contribution in [3.05, 3.63) is 93.9 Å². The van der Waals surface area contributed by atoms with E-state index in [1.54, 1.807) is 49.4 Å². The zero-order chi connectivity index (χ0) is 26.6. The molecule has 38 heavy (non-hydrogen) atoms. The molecule has 9 nitrogen and oxygen atoms in total. The van der Waals surface area contributed by atoms with Gasteiger partial charge in [-0.2, -0.15) is 0 Å². The number of nitrogens with one attached hydrogen (secondary N) is 1. The van der Waals surface area contributed by atoms with Crippen LogP contribution in [0.3, 0.4) is 0 Å². The molecule has 0 bridgehead atoms. The average Bonchev–Trinajstić information content (AvgIpc) is 3.59. The molecule has 190 valence electrons. The van der Waals surface area contributed by atoms with Crippen LogP contribution in [0.15, 0.2) is 87.0 Å². The Kier molecular flexibility index (Phi) is 5.68. The number of imidazole rings is 1. The Balaban J connectivity index is 1.52. The first-order valence-electron chi connectivity index (χ1n) is 11.8. The molecule has 3 heterocycles. The van der Waals surface area contributed by atoms with Crippen molar-refractivity contribution < 1.29 is 29.0 Å². The maximum absolute atomic E-state index is 13.9. The van der Waals surface area contributed by atoms with Crippen LogP contribution in [0.4, 0.5) is 5.95 Å². The number of anilines is 1. The number of para-hydroxylation sites is 2. The lowest BCUT2D eigenvalue weighted by Crippen LogP contribution is -2.32. The van der Waals surface area contributed by atoms with E-state index in [4.69, 9.17) is 9.15 Å². The van der Waals surface area contributed by atoms with Crippen LogP contribution >= 0.6 is 15.9 Å². The Bertz CT molecular complexity index is 1750. The van der Waals surface area contributed by atoms with Gasteiger partial charge in [-0.05, 0) is 61.0 Å². The minimum Gasteiger partial charge on any atom is -0.504 e. The van der Waals surface area contributed by atoms with Crippen molar-refractivity contribution in [3.63, 3.8) is 0 Å². The summed E-state index contributed by atoms with van der Waals surface area (Å²) in [5.74, 6) is -1.98. The molecule has 1 aliphatic heterocycles. The summed E-state index contributed by atoms with van der Waals surface area (Å²) in [5, 5.41) is 22.0. The van der Waals surface area contributed by atoms with Crippen LogP contribution < -0.4 is 9.64 Å². The molecule has 6 rings (SSSR count). The van der Waals surface area contributed by atoms with E-state index in [0.717, 1.165) is 4.47 Å². The van der Waals surface area contributed by atoms with Crippen molar-refractivity contribution in [2.75, 3.05) is 11.5 Å². The van der Waals surface area contributed by atoms with Crippen LogP contribution in [0, 0.1) is 0 Å². The SMILES string of the molecule is CCOc1cc(C2C(C(=O)c3cc4cc(Br)ccc4o3)=C(O)C(=O)N2c2nc3ccccc3[nH]2)ccc1O. The fourth-order valence-electron chi connectivity index (χ4n) is 4.66. The summed E-state index contributed by atoms with van der Waals surface area (Å²) < 4.78 is 12.2. The Hall–Kier alpha value is -4.57. The quantitative estimate of drug-likeness (QED) is 0.214. The van der Waals surface area contributed by atoms with Crippen molar-refractivity contribution in [1.82, 2.24) is 9.97 Å². The summed E-state index contributed by atoms with van der Waals surface area (Å²) >= 11 is 3.41. The number of benzene rings is 3. The number of carbonyl (C=O) groups is 2. The number of ketones is 1. The standard InChI is InChI=1S/C28H20BrN3O6/c1-2-37-21-12-14(7-9-19(21)33)24-23(25(34)22-13-15-11-16(29)8-10-20(15)38-22)26(35)27(36)32(24)28-30-17-5-3-4-6-18(17)31-28/h3-13,24,33,35H,2H2,1H3,(H,30,31). The van der Waals surface area contributed by atoms with Gasteiger partial charge in [-0.1, -0.05) is 34.1 Å². The average molecular weight is 574 g/mol. The van der Waals surface area contributed by atoms with E-state index in [-0.39, 0.29) is 35.4 Å². The minimum atomic E-state index is -1.09. The van der Waals surface area contributed by atoms with Gasteiger partial charge in [-0.25, -0.2) is 4.98 Å². The van der Waals surface area contributed by atoms with E-state index < -0.39 is 23.5 Å². The number of fused-ring (bicyclic) bond motifs is 2. The number of halogens is 1. The number of phenolic OH excluding ortho intramolecular Hbond substituents is 1. The highest BCUT2D eigenvalue weighted by molar-refractivity contribution is 9.10. The monoisotopic (exact) mass is 573 g/mol. The van der Waals surface area contributed by atoms with Gasteiger partial charge >= 0.3 is 0 Å². The van der Waals surface area contributed by atoms with Gasteiger partial charge in [0.1, 0.15) is 5.58 Å². The lowest BCUT2D eigenvalue weighted by Gasteiger charge is -2.25. The van der Waals surface area contributed by atoms with Crippen molar-refractivity contribution in [3.8, 4) is 11.5 Å². The first kappa shape index (κ1) is 23.8. The zero-order valence-electron chi connectivity index (χ0n) is 19.9. The number of aromatic amines is 1. The van der Waals surface area contributed by atoms with Crippen LogP contribution in [0.25, 0.3) is 22.0 Å². The smallest absolute Gasteiger partial charge is 0.296 e. The molecule has 0 saturated heterocycles. The van der Waals surface area contributed by atoms with Crippen molar-refractivity contribution >= 4 is 55.6 Å². The summed E-state index contributed by atoms with van der Waals surface area (Å²) in [6.45, 7) is 2.06. The molecule has 0 fully saturated rings. The minimum absolute atomic E-state index is 0.0345. The zero-order valence-corrected chi connectivity index (χ0v) is 21.5. The number of phenols is 1. The van der Waals surface area contributed by atoms with Gasteiger partial charge in [0.25, 0.3) is 5.91 Å². The largest absolute Gasteiger partial charge is 0.504 e. The van der Waals surface area contributed by atoms with Crippen LogP contribution in [0.1, 0.15) is 29.1 Å². The third-order valence-corrected chi connectivity index (χ3v) is 6.85. The molecule has 0 aliphatic carbocycles. The predicted octanol–water partition coefficient (Wildman–Crippen LogP) is 5.96. The number of carbonyl (C=O) groups excluding carboxylic acids is 2. The third-order valence-electron chi connectivity index (χ3n) is 6.36. The van der Waals surface area contributed by atoms with Gasteiger partial charge in [-0.3, -0.25) is 14.5 Å². The van der Waals surface area contributed by atoms with E-state index in [1.165, 1.54) is 17.0 Å². The van der Waals surface area contributed by atoms with Crippen molar-refractivity contribution in [2.24, 2.45) is 0 Å². The summed E-state index contributed by atoms with van der Waals surface area (Å²) in [4.78, 5) is 36.2. The molecule has 1 unspecified atom stereocenters. The number of hydrogen-bond donors (Lipinski definition) is 3. The van der Waals surface area contributed by atoms with Gasteiger partial charge in [0.2, 0.25) is 11.7 Å². The number of aliphatic hydroxyl groups excluding tert-OH is 1. The molecule has 0 radical (unpaired) electrons. The Morgan fingerprint density at radius 2 is 1.95 bits per heavy atom. The summed E-state index contributed by atoms with van der Waals surface area (Å²) in [7, 11) is 0. The van der Waals surface area contributed by atoms with Crippen LogP contribution in [0.2, 0.25) is 0 Å². The molecular formula is C28H20BrN3O6. The summed E-state index contributed by atoms with van der Waals surface area (Å²) in [6.07, 6.45) is 0. The molecule has 5 aromatic rings. The Morgan fingerprint density at radius 1 is 1.13 bits per heavy atom. The van der Waals surface area contributed by atoms with E-state index in [2.05, 4.69) is 25.9 Å². The van der Waals surface area contributed by atoms with Crippen molar-refractivity contribution in [1.29, 1.82) is 0 Å². The molecule has 0 spiro atoms. The molecule has 1 aliphatic rings. The number of hydrogen-bond acceptors (Lipinski definition) is 7. The van der Waals surface area contributed by atoms with Gasteiger partial charge < -0.3 is 24.4 Å². The normalized spacial score (nSPS) is 15.7. The number of aliphatic hydroxyl groups is 1. The number of ether oxygens (including phenoxy) is 1. The molecule has 2 aromatic heterocycles. The maximum atomic E-state index is 13.9. The van der Waals surface area contributed by atoms with Crippen LogP contribution in [0.5, 0.6) is 11.5 Å². The first-order valence-corrected chi connectivity index (χ1v) is 12.6. The molecular weight excluding hydrogens is 554 g/mol. The number of H-pyrrole nitrogens is 1. The number of furan rings is 1. The van der Waals surface area contributed by atoms with Crippen LogP contribution in [-0.2, 0) is 4.79 Å². The highest BCUT2D eigenvalue weighted by atomic mass is 79.9. The summed E-state index contributed by atoms with van der Waals surface area (Å²) in [5.41, 5.74) is 2.01. The van der Waals surface area contributed by atoms with E-state index in [1.807, 2.05) is 12.1 Å². The van der Waals surface area contributed by atoms with E-state index in [0.29, 0.717) is 27.6 Å². The number of amides is 1. The number of nitrogens with zero attached hydrogens (tertiary/aromatic N) is 2. The fraction of sp³-hybridized carbons (Fsp3) is 0.107. The molecule has 3 aromatic carbocycles. The van der Waals surface area contributed by atoms with Gasteiger partial charge in [0.05, 0.1) is 29.3 Å². The number of aromatic nitrogens is 2. The van der Waals surface area contributed by atoms with Crippen molar-refractivity contribution in [2.45, 2.75) is 13.0 Å². The Labute approximate surface area is 224 Å². The lowest BCUT2D eigenvalue weighted by molar-refractivity contribution is -0.117. The topological polar surface area (TPSA) is 129 Å². The molecule has 1 atom stereocenters. The molecule has 10 heteroatoms. The fourth-order valence-corrected chi connectivity index (χ4v) is 5.03. The van der Waals surface area contributed by atoms with Gasteiger partial charge in [-0.15, -0.1) is 0 Å². The molecule has 1 amide bonds. The van der Waals surface area contributed by atoms with Crippen LogP contribution in [-0.4, -0.2) is 38.5 Å². The Morgan fingerprint density at radius 3 is 2.74 bits per heavy atom.